The topological polar surface area (TPSA) is 43.6 Å². The zero-order chi connectivity index (χ0) is 12.7. The fourth-order valence-electron chi connectivity index (χ4n) is 1.82. The largest absolute Gasteiger partial charge is 0.224 e. The molecule has 0 unspecified atom stereocenters. The van der Waals surface area contributed by atoms with Gasteiger partial charge in [0.05, 0.1) is 17.3 Å². The third kappa shape index (κ3) is 1.65. The van der Waals surface area contributed by atoms with Crippen LogP contribution in [0, 0.1) is 6.92 Å². The summed E-state index contributed by atoms with van der Waals surface area (Å²) in [5.41, 5.74) is 2.49. The molecule has 0 N–H and O–H groups in total. The maximum absolute atomic E-state index is 6.11. The number of aromatic nitrogens is 4. The average molecular weight is 279 g/mol. The van der Waals surface area contributed by atoms with E-state index in [-0.39, 0.29) is 0 Å². The van der Waals surface area contributed by atoms with Gasteiger partial charge in [0.15, 0.2) is 5.65 Å². The molecule has 0 aliphatic rings. The van der Waals surface area contributed by atoms with Gasteiger partial charge < -0.3 is 0 Å². The Balaban J connectivity index is 2.33. The molecular weight excluding hydrogens is 271 g/mol. The predicted molar refractivity (Wildman–Crippen MR) is 71.4 cm³/mol. The van der Waals surface area contributed by atoms with E-state index in [9.17, 15) is 0 Å². The highest BCUT2D eigenvalue weighted by Gasteiger charge is 2.12. The van der Waals surface area contributed by atoms with Crippen LogP contribution < -0.4 is 0 Å². The number of nitrogens with zero attached hydrogens (tertiary/aromatic N) is 4. The fourth-order valence-corrected chi connectivity index (χ4v) is 2.16. The van der Waals surface area contributed by atoms with Crippen molar-refractivity contribution in [1.29, 1.82) is 0 Å². The lowest BCUT2D eigenvalue weighted by atomic mass is 10.2. The summed E-state index contributed by atoms with van der Waals surface area (Å²) in [5, 5.41) is 6.11. The van der Waals surface area contributed by atoms with Crippen LogP contribution in [0.2, 0.25) is 10.2 Å². The van der Waals surface area contributed by atoms with Crippen molar-refractivity contribution in [1.82, 2.24) is 19.7 Å². The van der Waals surface area contributed by atoms with E-state index >= 15 is 0 Å². The van der Waals surface area contributed by atoms with Crippen molar-refractivity contribution in [3.8, 4) is 5.69 Å². The van der Waals surface area contributed by atoms with Crippen molar-refractivity contribution in [2.45, 2.75) is 6.92 Å². The fraction of sp³-hybridized carbons (Fsp3) is 0.0833. The molecule has 0 fully saturated rings. The van der Waals surface area contributed by atoms with Crippen LogP contribution in [0.4, 0.5) is 0 Å². The molecule has 6 heteroatoms. The van der Waals surface area contributed by atoms with Gasteiger partial charge in [-0.15, -0.1) is 0 Å². The van der Waals surface area contributed by atoms with Crippen molar-refractivity contribution in [3.63, 3.8) is 0 Å². The molecule has 18 heavy (non-hydrogen) atoms. The molecule has 0 amide bonds. The molecule has 0 bridgehead atoms. The van der Waals surface area contributed by atoms with Gasteiger partial charge in [0.25, 0.3) is 0 Å². The van der Waals surface area contributed by atoms with Crippen molar-refractivity contribution in [2.75, 3.05) is 0 Å². The van der Waals surface area contributed by atoms with E-state index in [1.807, 2.05) is 25.1 Å². The lowest BCUT2D eigenvalue weighted by Gasteiger charge is -2.07. The van der Waals surface area contributed by atoms with Gasteiger partial charge in [0.2, 0.25) is 0 Å². The number of hydrogen-bond acceptors (Lipinski definition) is 3. The molecule has 0 saturated heterocycles. The highest BCUT2D eigenvalue weighted by molar-refractivity contribution is 6.34. The van der Waals surface area contributed by atoms with Crippen molar-refractivity contribution in [3.05, 3.63) is 46.5 Å². The average Bonchev–Trinajstić information content (AvgIpc) is 2.78. The van der Waals surface area contributed by atoms with E-state index < -0.39 is 0 Å². The summed E-state index contributed by atoms with van der Waals surface area (Å²) in [7, 11) is 0. The zero-order valence-electron chi connectivity index (χ0n) is 9.43. The van der Waals surface area contributed by atoms with E-state index in [2.05, 4.69) is 15.1 Å². The predicted octanol–water partition coefficient (Wildman–Crippen LogP) is 3.43. The van der Waals surface area contributed by atoms with E-state index in [1.165, 1.54) is 6.33 Å². The Morgan fingerprint density at radius 3 is 2.83 bits per heavy atom. The van der Waals surface area contributed by atoms with Crippen LogP contribution in [0.25, 0.3) is 16.7 Å². The van der Waals surface area contributed by atoms with Crippen LogP contribution >= 0.6 is 23.2 Å². The Bertz CT molecular complexity index is 736. The lowest BCUT2D eigenvalue weighted by Crippen LogP contribution is -2.00. The molecule has 2 aromatic heterocycles. The third-order valence-corrected chi connectivity index (χ3v) is 3.50. The van der Waals surface area contributed by atoms with Gasteiger partial charge in [-0.05, 0) is 24.6 Å². The maximum atomic E-state index is 6.11. The number of rotatable bonds is 1. The minimum Gasteiger partial charge on any atom is -0.224 e. The zero-order valence-corrected chi connectivity index (χ0v) is 10.9. The van der Waals surface area contributed by atoms with E-state index in [0.29, 0.717) is 15.8 Å². The van der Waals surface area contributed by atoms with E-state index in [4.69, 9.17) is 23.2 Å². The molecule has 2 heterocycles. The third-order valence-electron chi connectivity index (χ3n) is 2.78. The van der Waals surface area contributed by atoms with Crippen LogP contribution in [0.3, 0.4) is 0 Å². The number of hydrogen-bond donors (Lipinski definition) is 0. The molecule has 3 rings (SSSR count). The first-order chi connectivity index (χ1) is 8.68. The summed E-state index contributed by atoms with van der Waals surface area (Å²) in [6.07, 6.45) is 3.07. The Morgan fingerprint density at radius 2 is 2.00 bits per heavy atom. The summed E-state index contributed by atoms with van der Waals surface area (Å²) >= 11 is 12.1. The first kappa shape index (κ1) is 11.4. The van der Waals surface area contributed by atoms with Crippen molar-refractivity contribution < 1.29 is 0 Å². The van der Waals surface area contributed by atoms with Crippen LogP contribution in [0.1, 0.15) is 5.56 Å². The standard InChI is InChI=1S/C12H8Cl2N4/c1-7-9(13)3-2-4-10(7)18-12-8(5-17-18)11(14)15-6-16-12/h2-6H,1H3. The summed E-state index contributed by atoms with van der Waals surface area (Å²) in [6, 6.07) is 5.65. The van der Waals surface area contributed by atoms with Gasteiger partial charge >= 0.3 is 0 Å². The van der Waals surface area contributed by atoms with Gasteiger partial charge in [-0.25, -0.2) is 14.6 Å². The van der Waals surface area contributed by atoms with Gasteiger partial charge in [-0.3, -0.25) is 0 Å². The smallest absolute Gasteiger partial charge is 0.167 e. The number of benzene rings is 1. The second kappa shape index (κ2) is 4.23. The Morgan fingerprint density at radius 1 is 1.17 bits per heavy atom. The number of fused-ring (bicyclic) bond motifs is 1. The summed E-state index contributed by atoms with van der Waals surface area (Å²) < 4.78 is 1.71. The lowest BCUT2D eigenvalue weighted by molar-refractivity contribution is 0.887. The normalized spacial score (nSPS) is 11.1. The van der Waals surface area contributed by atoms with E-state index in [1.54, 1.807) is 10.9 Å². The maximum Gasteiger partial charge on any atom is 0.167 e. The van der Waals surface area contributed by atoms with Gasteiger partial charge in [0.1, 0.15) is 11.5 Å². The molecule has 0 spiro atoms. The van der Waals surface area contributed by atoms with E-state index in [0.717, 1.165) is 16.6 Å². The van der Waals surface area contributed by atoms with Crippen LogP contribution in [-0.4, -0.2) is 19.7 Å². The molecule has 0 aliphatic heterocycles. The highest BCUT2D eigenvalue weighted by atomic mass is 35.5. The SMILES string of the molecule is Cc1c(Cl)cccc1-n1ncc2c(Cl)ncnc21. The second-order valence-corrected chi connectivity index (χ2v) is 4.61. The molecule has 0 radical (unpaired) electrons. The first-order valence-corrected chi connectivity index (χ1v) is 6.04. The minimum atomic E-state index is 0.394. The Labute approximate surface area is 113 Å². The van der Waals surface area contributed by atoms with Crippen molar-refractivity contribution in [2.24, 2.45) is 0 Å². The monoisotopic (exact) mass is 278 g/mol. The molecule has 3 aromatic rings. The van der Waals surface area contributed by atoms with Crippen LogP contribution in [0.15, 0.2) is 30.7 Å². The highest BCUT2D eigenvalue weighted by Crippen LogP contribution is 2.26. The quantitative estimate of drug-likeness (QED) is 0.641. The van der Waals surface area contributed by atoms with Crippen molar-refractivity contribution >= 4 is 34.2 Å². The summed E-state index contributed by atoms with van der Waals surface area (Å²) in [5.74, 6) is 0. The molecule has 0 aliphatic carbocycles. The molecule has 0 saturated carbocycles. The van der Waals surface area contributed by atoms with Gasteiger partial charge in [0, 0.05) is 5.02 Å². The minimum absolute atomic E-state index is 0.394. The van der Waals surface area contributed by atoms with Gasteiger partial charge in [-0.1, -0.05) is 29.3 Å². The van der Waals surface area contributed by atoms with Gasteiger partial charge in [-0.2, -0.15) is 5.10 Å². The van der Waals surface area contributed by atoms with Crippen LogP contribution in [-0.2, 0) is 0 Å². The Kier molecular flexibility index (Phi) is 2.69. The molecule has 90 valence electrons. The summed E-state index contributed by atoms with van der Waals surface area (Å²) in [6.45, 7) is 1.94. The molecule has 4 nitrogen and oxygen atoms in total. The first-order valence-electron chi connectivity index (χ1n) is 5.28. The second-order valence-electron chi connectivity index (χ2n) is 3.84. The number of halogens is 2. The summed E-state index contributed by atoms with van der Waals surface area (Å²) in [4.78, 5) is 8.14. The molecular formula is C12H8Cl2N4. The molecule has 1 aromatic carbocycles. The van der Waals surface area contributed by atoms with Crippen LogP contribution in [0.5, 0.6) is 0 Å². The Hall–Kier alpha value is -1.65. The molecule has 0 atom stereocenters.